The van der Waals surface area contributed by atoms with Crippen molar-refractivity contribution in [1.29, 1.82) is 0 Å². The molecular formula is C16H27NOS. The highest BCUT2D eigenvalue weighted by Crippen LogP contribution is 2.29. The quantitative estimate of drug-likeness (QED) is 0.864. The summed E-state index contributed by atoms with van der Waals surface area (Å²) in [5, 5.41) is 3.77. The molecule has 0 saturated heterocycles. The number of hydrogen-bond donors (Lipinski definition) is 1. The van der Waals surface area contributed by atoms with E-state index in [0.29, 0.717) is 6.04 Å². The molecule has 0 fully saturated rings. The fraction of sp³-hybridized carbons (Fsp3) is 0.625. The average molecular weight is 281 g/mol. The first-order valence-electron chi connectivity index (χ1n) is 6.90. The van der Waals surface area contributed by atoms with Gasteiger partial charge in [-0.05, 0) is 24.3 Å². The Morgan fingerprint density at radius 1 is 1.21 bits per heavy atom. The van der Waals surface area contributed by atoms with E-state index in [4.69, 9.17) is 0 Å². The van der Waals surface area contributed by atoms with Crippen LogP contribution in [0.5, 0.6) is 0 Å². The van der Waals surface area contributed by atoms with Gasteiger partial charge in [0.1, 0.15) is 0 Å². The van der Waals surface area contributed by atoms with E-state index in [1.165, 1.54) is 5.56 Å². The Morgan fingerprint density at radius 2 is 1.79 bits per heavy atom. The van der Waals surface area contributed by atoms with E-state index in [9.17, 15) is 4.21 Å². The Labute approximate surface area is 120 Å². The fourth-order valence-corrected chi connectivity index (χ4v) is 2.36. The topological polar surface area (TPSA) is 29.1 Å². The van der Waals surface area contributed by atoms with Crippen LogP contribution in [0.3, 0.4) is 0 Å². The maximum absolute atomic E-state index is 11.4. The van der Waals surface area contributed by atoms with Crippen LogP contribution in [0.25, 0.3) is 0 Å². The van der Waals surface area contributed by atoms with Gasteiger partial charge >= 0.3 is 0 Å². The molecule has 3 unspecified atom stereocenters. The van der Waals surface area contributed by atoms with Gasteiger partial charge in [-0.3, -0.25) is 4.21 Å². The van der Waals surface area contributed by atoms with Gasteiger partial charge in [-0.25, -0.2) is 0 Å². The third kappa shape index (κ3) is 6.35. The summed E-state index contributed by atoms with van der Waals surface area (Å²) >= 11 is 0. The third-order valence-electron chi connectivity index (χ3n) is 3.24. The van der Waals surface area contributed by atoms with E-state index in [1.54, 1.807) is 6.26 Å². The Hall–Kier alpha value is -0.670. The first kappa shape index (κ1) is 16.4. The number of benzene rings is 1. The zero-order valence-corrected chi connectivity index (χ0v) is 13.6. The Balaban J connectivity index is 2.73. The van der Waals surface area contributed by atoms with Gasteiger partial charge in [0.25, 0.3) is 0 Å². The van der Waals surface area contributed by atoms with Crippen molar-refractivity contribution in [2.24, 2.45) is 5.41 Å². The number of hydrogen-bond acceptors (Lipinski definition) is 2. The average Bonchev–Trinajstić information content (AvgIpc) is 2.33. The summed E-state index contributed by atoms with van der Waals surface area (Å²) in [5.74, 6) is 0. The first-order valence-corrected chi connectivity index (χ1v) is 8.52. The number of rotatable bonds is 6. The van der Waals surface area contributed by atoms with Gasteiger partial charge in [-0.15, -0.1) is 0 Å². The van der Waals surface area contributed by atoms with Gasteiger partial charge in [0, 0.05) is 34.9 Å². The Kier molecular flexibility index (Phi) is 6.21. The maximum atomic E-state index is 11.4. The Bertz CT molecular complexity index is 397. The predicted octanol–water partition coefficient (Wildman–Crippen LogP) is 3.52. The second-order valence-corrected chi connectivity index (χ2v) is 8.25. The van der Waals surface area contributed by atoms with Crippen molar-refractivity contribution in [3.05, 3.63) is 35.9 Å². The van der Waals surface area contributed by atoms with Crippen LogP contribution in [0.1, 0.15) is 45.7 Å². The molecule has 3 heteroatoms. The maximum Gasteiger partial charge on any atom is 0.0441 e. The van der Waals surface area contributed by atoms with Gasteiger partial charge in [-0.2, -0.15) is 0 Å². The summed E-state index contributed by atoms with van der Waals surface area (Å²) in [7, 11) is -0.769. The first-order chi connectivity index (χ1) is 8.79. The molecule has 3 atom stereocenters. The van der Waals surface area contributed by atoms with Crippen LogP contribution in [0.4, 0.5) is 0 Å². The molecule has 1 rings (SSSR count). The molecule has 19 heavy (non-hydrogen) atoms. The van der Waals surface area contributed by atoms with Crippen molar-refractivity contribution in [2.75, 3.05) is 12.8 Å². The molecule has 108 valence electrons. The van der Waals surface area contributed by atoms with Gasteiger partial charge in [0.15, 0.2) is 0 Å². The zero-order chi connectivity index (χ0) is 14.5. The zero-order valence-electron chi connectivity index (χ0n) is 12.8. The second-order valence-electron chi connectivity index (χ2n) is 6.45. The lowest BCUT2D eigenvalue weighted by Gasteiger charge is -2.28. The van der Waals surface area contributed by atoms with Gasteiger partial charge in [0.05, 0.1) is 0 Å². The normalized spacial score (nSPS) is 16.9. The lowest BCUT2D eigenvalue weighted by molar-refractivity contribution is 0.312. The molecule has 0 amide bonds. The molecular weight excluding hydrogens is 254 g/mol. The van der Waals surface area contributed by atoms with Crippen molar-refractivity contribution in [2.45, 2.75) is 45.4 Å². The molecule has 0 bridgehead atoms. The van der Waals surface area contributed by atoms with Crippen LogP contribution in [0, 0.1) is 5.41 Å². The highest BCUT2D eigenvalue weighted by molar-refractivity contribution is 7.84. The van der Waals surface area contributed by atoms with Crippen molar-refractivity contribution in [3.63, 3.8) is 0 Å². The lowest BCUT2D eigenvalue weighted by atomic mass is 9.85. The van der Waals surface area contributed by atoms with Crippen LogP contribution < -0.4 is 5.32 Å². The molecule has 0 radical (unpaired) electrons. The standard InChI is InChI=1S/C16H27NOS/c1-13(19(5)18)12-17-15(11-16(2,3)4)14-9-7-6-8-10-14/h6-10,13,15,17H,11-12H2,1-5H3. The fourth-order valence-electron chi connectivity index (χ4n) is 2.03. The highest BCUT2D eigenvalue weighted by atomic mass is 32.2. The van der Waals surface area contributed by atoms with Gasteiger partial charge < -0.3 is 5.32 Å². The molecule has 1 aromatic carbocycles. The molecule has 0 heterocycles. The molecule has 0 aromatic heterocycles. The highest BCUT2D eigenvalue weighted by Gasteiger charge is 2.20. The van der Waals surface area contributed by atoms with E-state index in [2.05, 4.69) is 50.4 Å². The molecule has 0 aliphatic heterocycles. The van der Waals surface area contributed by atoms with E-state index in [-0.39, 0.29) is 10.7 Å². The van der Waals surface area contributed by atoms with Crippen LogP contribution in [-0.2, 0) is 10.8 Å². The minimum Gasteiger partial charge on any atom is -0.309 e. The van der Waals surface area contributed by atoms with Crippen LogP contribution in [0.15, 0.2) is 30.3 Å². The summed E-state index contributed by atoms with van der Waals surface area (Å²) in [5.41, 5.74) is 1.58. The van der Waals surface area contributed by atoms with Gasteiger partial charge in [0.2, 0.25) is 0 Å². The minimum absolute atomic E-state index is 0.186. The van der Waals surface area contributed by atoms with Crippen LogP contribution >= 0.6 is 0 Å². The summed E-state index contributed by atoms with van der Waals surface area (Å²) in [4.78, 5) is 0. The van der Waals surface area contributed by atoms with Crippen molar-refractivity contribution < 1.29 is 4.21 Å². The van der Waals surface area contributed by atoms with E-state index >= 15 is 0 Å². The third-order valence-corrected chi connectivity index (χ3v) is 4.54. The predicted molar refractivity (Wildman–Crippen MR) is 84.8 cm³/mol. The summed E-state index contributed by atoms with van der Waals surface area (Å²) in [6.45, 7) is 9.59. The van der Waals surface area contributed by atoms with Crippen LogP contribution in [0.2, 0.25) is 0 Å². The van der Waals surface area contributed by atoms with Crippen molar-refractivity contribution >= 4 is 10.8 Å². The summed E-state index contributed by atoms with van der Waals surface area (Å²) < 4.78 is 11.4. The Morgan fingerprint density at radius 3 is 2.26 bits per heavy atom. The minimum atomic E-state index is -0.769. The molecule has 2 nitrogen and oxygen atoms in total. The largest absolute Gasteiger partial charge is 0.309 e. The molecule has 1 aromatic rings. The monoisotopic (exact) mass is 281 g/mol. The molecule has 0 spiro atoms. The summed E-state index contributed by atoms with van der Waals surface area (Å²) in [6.07, 6.45) is 2.84. The van der Waals surface area contributed by atoms with Crippen LogP contribution in [-0.4, -0.2) is 22.3 Å². The van der Waals surface area contributed by atoms with E-state index in [0.717, 1.165) is 13.0 Å². The number of nitrogens with one attached hydrogen (secondary N) is 1. The smallest absolute Gasteiger partial charge is 0.0441 e. The van der Waals surface area contributed by atoms with Crippen molar-refractivity contribution in [3.8, 4) is 0 Å². The van der Waals surface area contributed by atoms with Crippen molar-refractivity contribution in [1.82, 2.24) is 5.32 Å². The SMILES string of the molecule is CC(CNC(CC(C)(C)C)c1ccccc1)S(C)=O. The van der Waals surface area contributed by atoms with E-state index < -0.39 is 10.8 Å². The molecule has 0 aliphatic rings. The van der Waals surface area contributed by atoms with Gasteiger partial charge in [-0.1, -0.05) is 51.1 Å². The molecule has 1 N–H and O–H groups in total. The lowest BCUT2D eigenvalue weighted by Crippen LogP contribution is -2.33. The molecule has 0 aliphatic carbocycles. The molecule has 0 saturated carbocycles. The second kappa shape index (κ2) is 7.20. The van der Waals surface area contributed by atoms with E-state index in [1.807, 2.05) is 13.0 Å². The summed E-state index contributed by atoms with van der Waals surface area (Å²) in [6, 6.07) is 10.9.